The first kappa shape index (κ1) is 21.4. The second-order valence-electron chi connectivity index (χ2n) is 5.05. The van der Waals surface area contributed by atoms with Crippen molar-refractivity contribution in [3.05, 3.63) is 27.7 Å². The van der Waals surface area contributed by atoms with E-state index in [1.54, 1.807) is 19.1 Å². The van der Waals surface area contributed by atoms with E-state index in [9.17, 15) is 14.4 Å². The molecule has 1 rings (SSSR count). The van der Waals surface area contributed by atoms with Gasteiger partial charge in [0.1, 0.15) is 6.04 Å². The Morgan fingerprint density at radius 1 is 1.32 bits per heavy atom. The number of nitrogens with two attached hydrogens (primary N) is 1. The number of halogens is 2. The van der Waals surface area contributed by atoms with E-state index in [2.05, 4.69) is 10.6 Å². The van der Waals surface area contributed by atoms with Gasteiger partial charge in [0, 0.05) is 0 Å². The number of carbonyl (C=O) groups excluding carboxylic acids is 3. The Morgan fingerprint density at radius 2 is 2.00 bits per heavy atom. The van der Waals surface area contributed by atoms with Crippen molar-refractivity contribution >= 4 is 58.6 Å². The Kier molecular flexibility index (Phi) is 8.88. The first-order valence-electron chi connectivity index (χ1n) is 7.22. The van der Waals surface area contributed by atoms with Crippen molar-refractivity contribution in [1.29, 1.82) is 0 Å². The summed E-state index contributed by atoms with van der Waals surface area (Å²) in [5.74, 6) is -0.740. The molecule has 1 aromatic carbocycles. The van der Waals surface area contributed by atoms with Gasteiger partial charge in [-0.2, -0.15) is 11.8 Å². The standard InChI is InChI=1S/C15H19Cl2N3O4S/c1-8-3-4-9(16)13(12(8)17)20-11(21)7-24-14(22)10(5-6-25-2)19-15(18)23/h3-4,10H,5-7H2,1-2H3,(H,20,21)(H3,18,19,23)/t10-/m1/s1. The highest BCUT2D eigenvalue weighted by atomic mass is 35.5. The van der Waals surface area contributed by atoms with Crippen LogP contribution in [0.4, 0.5) is 10.5 Å². The van der Waals surface area contributed by atoms with Gasteiger partial charge >= 0.3 is 12.0 Å². The summed E-state index contributed by atoms with van der Waals surface area (Å²) in [6.45, 7) is 1.22. The van der Waals surface area contributed by atoms with Crippen molar-refractivity contribution in [3.8, 4) is 0 Å². The number of hydrogen-bond donors (Lipinski definition) is 3. The zero-order valence-electron chi connectivity index (χ0n) is 13.7. The monoisotopic (exact) mass is 407 g/mol. The molecular formula is C15H19Cl2N3O4S. The van der Waals surface area contributed by atoms with E-state index in [4.69, 9.17) is 33.7 Å². The summed E-state index contributed by atoms with van der Waals surface area (Å²) in [5.41, 5.74) is 6.02. The van der Waals surface area contributed by atoms with Crippen LogP contribution in [0.3, 0.4) is 0 Å². The lowest BCUT2D eigenvalue weighted by molar-refractivity contribution is -0.149. The number of hydrogen-bond acceptors (Lipinski definition) is 5. The Morgan fingerprint density at radius 3 is 2.60 bits per heavy atom. The van der Waals surface area contributed by atoms with Crippen molar-refractivity contribution in [2.45, 2.75) is 19.4 Å². The molecule has 4 N–H and O–H groups in total. The topological polar surface area (TPSA) is 111 Å². The van der Waals surface area contributed by atoms with Crippen LogP contribution in [0.25, 0.3) is 0 Å². The molecule has 0 aromatic heterocycles. The first-order valence-corrected chi connectivity index (χ1v) is 9.37. The molecule has 0 aliphatic heterocycles. The fourth-order valence-corrected chi connectivity index (χ4v) is 2.78. The summed E-state index contributed by atoms with van der Waals surface area (Å²) in [6, 6.07) is 1.56. The van der Waals surface area contributed by atoms with E-state index >= 15 is 0 Å². The van der Waals surface area contributed by atoms with Crippen LogP contribution in [0.5, 0.6) is 0 Å². The van der Waals surface area contributed by atoms with Crippen LogP contribution < -0.4 is 16.4 Å². The van der Waals surface area contributed by atoms with Gasteiger partial charge in [-0.25, -0.2) is 9.59 Å². The van der Waals surface area contributed by atoms with Gasteiger partial charge in [-0.05, 0) is 37.0 Å². The lowest BCUT2D eigenvalue weighted by Gasteiger charge is -2.16. The molecule has 138 valence electrons. The summed E-state index contributed by atoms with van der Waals surface area (Å²) >= 11 is 13.6. The number of benzene rings is 1. The van der Waals surface area contributed by atoms with Crippen molar-refractivity contribution in [1.82, 2.24) is 5.32 Å². The molecule has 0 radical (unpaired) electrons. The summed E-state index contributed by atoms with van der Waals surface area (Å²) in [4.78, 5) is 34.9. The number of primary amides is 1. The van der Waals surface area contributed by atoms with Crippen molar-refractivity contribution in [2.75, 3.05) is 23.9 Å². The second kappa shape index (κ2) is 10.4. The molecule has 10 heteroatoms. The Labute approximate surface area is 159 Å². The van der Waals surface area contributed by atoms with Crippen LogP contribution in [0, 0.1) is 6.92 Å². The second-order valence-corrected chi connectivity index (χ2v) is 6.82. The number of rotatable bonds is 8. The number of nitrogens with one attached hydrogen (secondary N) is 2. The molecule has 1 aromatic rings. The minimum atomic E-state index is -0.913. The first-order chi connectivity index (χ1) is 11.8. The average Bonchev–Trinajstić information content (AvgIpc) is 2.56. The maximum atomic E-state index is 12.0. The third kappa shape index (κ3) is 7.01. The molecule has 0 bridgehead atoms. The molecule has 0 heterocycles. The van der Waals surface area contributed by atoms with E-state index in [-0.39, 0.29) is 10.7 Å². The van der Waals surface area contributed by atoms with Crippen LogP contribution in [0.1, 0.15) is 12.0 Å². The van der Waals surface area contributed by atoms with Gasteiger partial charge in [0.25, 0.3) is 5.91 Å². The summed E-state index contributed by atoms with van der Waals surface area (Å²) < 4.78 is 4.93. The molecule has 3 amide bonds. The van der Waals surface area contributed by atoms with E-state index in [0.29, 0.717) is 17.2 Å². The molecule has 0 aliphatic rings. The molecule has 25 heavy (non-hydrogen) atoms. The van der Waals surface area contributed by atoms with Crippen molar-refractivity contribution < 1.29 is 19.1 Å². The van der Waals surface area contributed by atoms with Gasteiger partial charge in [-0.1, -0.05) is 29.3 Å². The van der Waals surface area contributed by atoms with Gasteiger partial charge in [0.15, 0.2) is 6.61 Å². The van der Waals surface area contributed by atoms with Gasteiger partial charge < -0.3 is 21.1 Å². The molecule has 0 aliphatic carbocycles. The molecule has 0 fully saturated rings. The fraction of sp³-hybridized carbons (Fsp3) is 0.400. The normalized spacial score (nSPS) is 11.5. The minimum Gasteiger partial charge on any atom is -0.454 e. The number of ether oxygens (including phenoxy) is 1. The average molecular weight is 408 g/mol. The van der Waals surface area contributed by atoms with E-state index in [1.165, 1.54) is 11.8 Å². The van der Waals surface area contributed by atoms with Gasteiger partial charge in [0.2, 0.25) is 0 Å². The van der Waals surface area contributed by atoms with E-state index < -0.39 is 30.6 Å². The summed E-state index contributed by atoms with van der Waals surface area (Å²) in [6.07, 6.45) is 2.19. The number of carbonyl (C=O) groups is 3. The van der Waals surface area contributed by atoms with Crippen LogP contribution in [0.2, 0.25) is 10.0 Å². The van der Waals surface area contributed by atoms with Crippen LogP contribution in [0.15, 0.2) is 12.1 Å². The number of urea groups is 1. The van der Waals surface area contributed by atoms with Crippen molar-refractivity contribution in [2.24, 2.45) is 5.73 Å². The molecule has 0 saturated heterocycles. The molecule has 0 unspecified atom stereocenters. The Hall–Kier alpha value is -1.64. The molecule has 0 spiro atoms. The van der Waals surface area contributed by atoms with Crippen LogP contribution in [-0.4, -0.2) is 42.6 Å². The van der Waals surface area contributed by atoms with Crippen LogP contribution in [-0.2, 0) is 14.3 Å². The van der Waals surface area contributed by atoms with E-state index in [1.807, 2.05) is 6.26 Å². The number of aryl methyl sites for hydroxylation is 1. The zero-order valence-corrected chi connectivity index (χ0v) is 16.1. The zero-order chi connectivity index (χ0) is 19.0. The Bertz CT molecular complexity index is 658. The molecule has 0 saturated carbocycles. The van der Waals surface area contributed by atoms with Crippen LogP contribution >= 0.6 is 35.0 Å². The lowest BCUT2D eigenvalue weighted by Crippen LogP contribution is -2.45. The third-order valence-electron chi connectivity index (χ3n) is 3.11. The predicted octanol–water partition coefficient (Wildman–Crippen LogP) is 2.57. The molecular weight excluding hydrogens is 389 g/mol. The summed E-state index contributed by atoms with van der Waals surface area (Å²) in [5, 5.41) is 5.37. The maximum Gasteiger partial charge on any atom is 0.329 e. The highest BCUT2D eigenvalue weighted by Crippen LogP contribution is 2.32. The fourth-order valence-electron chi connectivity index (χ4n) is 1.84. The molecule has 7 nitrogen and oxygen atoms in total. The number of thioether (sulfide) groups is 1. The SMILES string of the molecule is CSCC[C@@H](NC(N)=O)C(=O)OCC(=O)Nc1c(Cl)ccc(C)c1Cl. The number of esters is 1. The lowest BCUT2D eigenvalue weighted by atomic mass is 10.2. The summed E-state index contributed by atoms with van der Waals surface area (Å²) in [7, 11) is 0. The number of amides is 3. The Balaban J connectivity index is 2.64. The third-order valence-corrected chi connectivity index (χ3v) is 4.55. The van der Waals surface area contributed by atoms with E-state index in [0.717, 1.165) is 5.56 Å². The van der Waals surface area contributed by atoms with Gasteiger partial charge in [-0.15, -0.1) is 0 Å². The maximum absolute atomic E-state index is 12.0. The minimum absolute atomic E-state index is 0.249. The highest BCUT2D eigenvalue weighted by Gasteiger charge is 2.22. The highest BCUT2D eigenvalue weighted by molar-refractivity contribution is 7.98. The van der Waals surface area contributed by atoms with Crippen molar-refractivity contribution in [3.63, 3.8) is 0 Å². The van der Waals surface area contributed by atoms with Gasteiger partial charge in [0.05, 0.1) is 15.7 Å². The predicted molar refractivity (Wildman–Crippen MR) is 100 cm³/mol. The number of anilines is 1. The van der Waals surface area contributed by atoms with Gasteiger partial charge in [-0.3, -0.25) is 4.79 Å². The largest absolute Gasteiger partial charge is 0.454 e. The quantitative estimate of drug-likeness (QED) is 0.573. The smallest absolute Gasteiger partial charge is 0.329 e. The molecule has 1 atom stereocenters.